The van der Waals surface area contributed by atoms with Crippen molar-refractivity contribution in [2.45, 2.75) is 49.0 Å². The molecule has 22 heavy (non-hydrogen) atoms. The Labute approximate surface area is 123 Å². The highest BCUT2D eigenvalue weighted by Gasteiger charge is 2.70. The van der Waals surface area contributed by atoms with Gasteiger partial charge in [-0.1, -0.05) is 0 Å². The molecule has 0 radical (unpaired) electrons. The molecule has 0 bridgehead atoms. The highest BCUT2D eigenvalue weighted by Crippen LogP contribution is 2.39. The highest BCUT2D eigenvalue weighted by atomic mass is 16.9. The zero-order valence-electron chi connectivity index (χ0n) is 11.3. The minimum Gasteiger partial charge on any atom is -0.420 e. The van der Waals surface area contributed by atoms with E-state index in [4.69, 9.17) is 15.6 Å². The summed E-state index contributed by atoms with van der Waals surface area (Å²) in [6.07, 6.45) is -6.50. The molecule has 6 atom stereocenters. The number of carbonyl (C=O) groups is 2. The van der Waals surface area contributed by atoms with Crippen molar-refractivity contribution in [3.63, 3.8) is 0 Å². The van der Waals surface area contributed by atoms with E-state index in [1.165, 1.54) is 0 Å². The van der Waals surface area contributed by atoms with Gasteiger partial charge in [0, 0.05) is 6.42 Å². The summed E-state index contributed by atoms with van der Waals surface area (Å²) >= 11 is 0. The molecule has 2 aliphatic heterocycles. The van der Waals surface area contributed by atoms with Gasteiger partial charge >= 0.3 is 23.7 Å². The van der Waals surface area contributed by atoms with Crippen LogP contribution in [0.15, 0.2) is 0 Å². The topological polar surface area (TPSA) is 189 Å². The van der Waals surface area contributed by atoms with Crippen molar-refractivity contribution in [3.8, 4) is 0 Å². The van der Waals surface area contributed by atoms with Crippen LogP contribution in [0.2, 0.25) is 0 Å². The number of carbonyl (C=O) groups excluding carboxylic acids is 2. The van der Waals surface area contributed by atoms with Gasteiger partial charge in [0.15, 0.2) is 6.10 Å². The van der Waals surface area contributed by atoms with Crippen molar-refractivity contribution in [1.82, 2.24) is 0 Å². The largest absolute Gasteiger partial charge is 0.420 e. The molecule has 2 fully saturated rings. The Morgan fingerprint density at radius 3 is 2.45 bits per heavy atom. The maximum Gasteiger partial charge on any atom is 0.399 e. The summed E-state index contributed by atoms with van der Waals surface area (Å²) in [5.74, 6) is -9.01. The number of aliphatic hydroxyl groups excluding tert-OH is 3. The summed E-state index contributed by atoms with van der Waals surface area (Å²) in [7, 11) is 0. The third kappa shape index (κ3) is 2.56. The van der Waals surface area contributed by atoms with Crippen LogP contribution in [0.1, 0.15) is 12.8 Å². The molecule has 126 valence electrons. The van der Waals surface area contributed by atoms with E-state index in [0.29, 0.717) is 0 Å². The second-order valence-corrected chi connectivity index (χ2v) is 5.09. The maximum absolute atomic E-state index is 11.7. The SMILES string of the molecule is N[C@@H]1CCC(=O)O[C@]2(O)[C@@H](O)[C@@H](O)[C@@H](CO)O[C@]2(O)OC1=O. The predicted octanol–water partition coefficient (Wildman–Crippen LogP) is -4.36. The van der Waals surface area contributed by atoms with Crippen molar-refractivity contribution in [3.05, 3.63) is 0 Å². The van der Waals surface area contributed by atoms with E-state index in [-0.39, 0.29) is 6.42 Å². The molecule has 0 spiro atoms. The van der Waals surface area contributed by atoms with Gasteiger partial charge in [0.05, 0.1) is 6.61 Å². The minimum absolute atomic E-state index is 0.202. The predicted molar refractivity (Wildman–Crippen MR) is 63.3 cm³/mol. The monoisotopic (exact) mass is 323 g/mol. The first-order chi connectivity index (χ1) is 10.1. The molecule has 11 heteroatoms. The van der Waals surface area contributed by atoms with Gasteiger partial charge in [-0.25, -0.2) is 0 Å². The van der Waals surface area contributed by atoms with Crippen molar-refractivity contribution in [1.29, 1.82) is 0 Å². The van der Waals surface area contributed by atoms with Crippen LogP contribution in [0.25, 0.3) is 0 Å². The molecule has 0 unspecified atom stereocenters. The van der Waals surface area contributed by atoms with Crippen LogP contribution in [0.3, 0.4) is 0 Å². The van der Waals surface area contributed by atoms with E-state index >= 15 is 0 Å². The van der Waals surface area contributed by atoms with Gasteiger partial charge < -0.3 is 45.5 Å². The fraction of sp³-hybridized carbons (Fsp3) is 0.818. The zero-order valence-corrected chi connectivity index (χ0v) is 11.3. The van der Waals surface area contributed by atoms with Crippen LogP contribution in [0.5, 0.6) is 0 Å². The first-order valence-electron chi connectivity index (χ1n) is 6.44. The quantitative estimate of drug-likeness (QED) is 0.256. The molecule has 2 saturated heterocycles. The molecule has 0 aliphatic carbocycles. The van der Waals surface area contributed by atoms with E-state index in [1.54, 1.807) is 0 Å². The average Bonchev–Trinajstić information content (AvgIpc) is 2.49. The summed E-state index contributed by atoms with van der Waals surface area (Å²) in [5, 5.41) is 49.2. The second kappa shape index (κ2) is 5.70. The Morgan fingerprint density at radius 1 is 1.23 bits per heavy atom. The molecule has 2 aliphatic rings. The van der Waals surface area contributed by atoms with Gasteiger partial charge in [0.1, 0.15) is 18.2 Å². The van der Waals surface area contributed by atoms with Gasteiger partial charge in [-0.2, -0.15) is 0 Å². The van der Waals surface area contributed by atoms with Crippen molar-refractivity contribution < 1.29 is 49.3 Å². The molecule has 0 aromatic heterocycles. The lowest BCUT2D eigenvalue weighted by Crippen LogP contribution is -2.75. The van der Waals surface area contributed by atoms with Crippen LogP contribution >= 0.6 is 0 Å². The van der Waals surface area contributed by atoms with Crippen LogP contribution in [0, 0.1) is 0 Å². The fourth-order valence-electron chi connectivity index (χ4n) is 2.18. The van der Waals surface area contributed by atoms with Gasteiger partial charge in [0.25, 0.3) is 0 Å². The number of hydrogen-bond donors (Lipinski definition) is 6. The Balaban J connectivity index is 2.46. The number of aliphatic hydroxyl groups is 5. The molecule has 11 nitrogen and oxygen atoms in total. The Hall–Kier alpha value is -1.34. The molecule has 0 aromatic carbocycles. The number of nitrogens with two attached hydrogens (primary N) is 1. The lowest BCUT2D eigenvalue weighted by atomic mass is 9.94. The third-order valence-corrected chi connectivity index (χ3v) is 3.52. The fourth-order valence-corrected chi connectivity index (χ4v) is 2.18. The Kier molecular flexibility index (Phi) is 4.41. The lowest BCUT2D eigenvalue weighted by Gasteiger charge is -2.49. The highest BCUT2D eigenvalue weighted by molar-refractivity contribution is 5.78. The summed E-state index contributed by atoms with van der Waals surface area (Å²) in [6, 6.07) is -1.32. The van der Waals surface area contributed by atoms with E-state index in [2.05, 4.69) is 9.47 Å². The third-order valence-electron chi connectivity index (χ3n) is 3.52. The maximum atomic E-state index is 11.7. The number of esters is 2. The molecule has 2 heterocycles. The standard InChI is InChI=1S/C11H17NO10/c12-4-1-2-6(14)21-10(18)8(16)7(15)5(3-13)20-11(10,19)22-9(4)17/h4-5,7-8,13,15-16,18-19H,1-3,12H2/t4-,5-,7+,8+,10-,11+/m1/s1. The van der Waals surface area contributed by atoms with E-state index in [9.17, 15) is 30.0 Å². The molecular formula is C11H17NO10. The van der Waals surface area contributed by atoms with Crippen molar-refractivity contribution in [2.24, 2.45) is 5.73 Å². The van der Waals surface area contributed by atoms with Gasteiger partial charge in [-0.3, -0.25) is 9.59 Å². The van der Waals surface area contributed by atoms with Crippen LogP contribution in [0.4, 0.5) is 0 Å². The van der Waals surface area contributed by atoms with Gasteiger partial charge in [-0.05, 0) is 6.42 Å². The number of hydrogen-bond acceptors (Lipinski definition) is 11. The minimum atomic E-state index is -3.35. The number of fused-ring (bicyclic) bond motifs is 1. The molecular weight excluding hydrogens is 306 g/mol. The van der Waals surface area contributed by atoms with Crippen molar-refractivity contribution >= 4 is 11.9 Å². The Bertz CT molecular complexity index is 472. The first-order valence-corrected chi connectivity index (χ1v) is 6.44. The second-order valence-electron chi connectivity index (χ2n) is 5.09. The molecule has 2 rings (SSSR count). The molecule has 0 saturated carbocycles. The van der Waals surface area contributed by atoms with Gasteiger partial charge in [-0.15, -0.1) is 0 Å². The van der Waals surface area contributed by atoms with E-state index < -0.39 is 61.1 Å². The summed E-state index contributed by atoms with van der Waals surface area (Å²) in [5.41, 5.74) is 5.44. The Morgan fingerprint density at radius 2 is 1.86 bits per heavy atom. The van der Waals surface area contributed by atoms with E-state index in [1.807, 2.05) is 0 Å². The van der Waals surface area contributed by atoms with Crippen molar-refractivity contribution in [2.75, 3.05) is 6.61 Å². The molecule has 7 N–H and O–H groups in total. The smallest absolute Gasteiger partial charge is 0.399 e. The zero-order chi connectivity index (χ0) is 16.7. The average molecular weight is 323 g/mol. The summed E-state index contributed by atoms with van der Waals surface area (Å²) in [4.78, 5) is 23.4. The summed E-state index contributed by atoms with van der Waals surface area (Å²) in [6.45, 7) is -0.895. The first kappa shape index (κ1) is 17.0. The normalized spacial score (nSPS) is 46.6. The van der Waals surface area contributed by atoms with Crippen LogP contribution in [-0.2, 0) is 23.8 Å². The van der Waals surface area contributed by atoms with E-state index in [0.717, 1.165) is 0 Å². The van der Waals surface area contributed by atoms with Crippen LogP contribution in [-0.4, -0.2) is 80.2 Å². The van der Waals surface area contributed by atoms with Gasteiger partial charge in [0.2, 0.25) is 0 Å². The number of ether oxygens (including phenoxy) is 3. The molecule has 0 amide bonds. The molecule has 0 aromatic rings. The number of rotatable bonds is 1. The van der Waals surface area contributed by atoms with Crippen LogP contribution < -0.4 is 5.73 Å². The summed E-state index contributed by atoms with van der Waals surface area (Å²) < 4.78 is 13.8. The lowest BCUT2D eigenvalue weighted by molar-refractivity contribution is -0.511.